The van der Waals surface area contributed by atoms with Crippen molar-refractivity contribution in [3.8, 4) is 0 Å². The van der Waals surface area contributed by atoms with Gasteiger partial charge in [0.2, 0.25) is 0 Å². The highest BCUT2D eigenvalue weighted by molar-refractivity contribution is 5.77. The van der Waals surface area contributed by atoms with Crippen LogP contribution in [0, 0.1) is 0 Å². The fraction of sp³-hybridized carbons (Fsp3) is 0.385. The van der Waals surface area contributed by atoms with Gasteiger partial charge in [-0.2, -0.15) is 0 Å². The van der Waals surface area contributed by atoms with Crippen molar-refractivity contribution in [1.29, 1.82) is 0 Å². The third kappa shape index (κ3) is 2.26. The Bertz CT molecular complexity index is 431. The van der Waals surface area contributed by atoms with Gasteiger partial charge in [0.05, 0.1) is 12.6 Å². The lowest BCUT2D eigenvalue weighted by Gasteiger charge is -2.15. The highest BCUT2D eigenvalue weighted by atomic mass is 16.3. The van der Waals surface area contributed by atoms with E-state index in [-0.39, 0.29) is 18.7 Å². The van der Waals surface area contributed by atoms with Crippen molar-refractivity contribution in [2.75, 3.05) is 6.61 Å². The summed E-state index contributed by atoms with van der Waals surface area (Å²) in [5.74, 6) is 0.904. The average molecular weight is 219 g/mol. The summed E-state index contributed by atoms with van der Waals surface area (Å²) in [5, 5.41) is 13.4. The molecule has 0 aliphatic heterocycles. The van der Waals surface area contributed by atoms with Crippen LogP contribution in [-0.4, -0.2) is 17.8 Å². The number of fused-ring (bicyclic) bond motifs is 1. The van der Waals surface area contributed by atoms with Crippen molar-refractivity contribution in [3.05, 3.63) is 36.1 Å². The molecule has 1 aromatic heterocycles. The molecular weight excluding hydrogens is 202 g/mol. The Hall–Kier alpha value is -1.32. The molecule has 0 aliphatic carbocycles. The Morgan fingerprint density at radius 2 is 2.06 bits per heavy atom. The zero-order chi connectivity index (χ0) is 11.5. The van der Waals surface area contributed by atoms with E-state index >= 15 is 0 Å². The maximum Gasteiger partial charge on any atom is 0.134 e. The number of hydrogen-bond donors (Lipinski definition) is 2. The van der Waals surface area contributed by atoms with E-state index in [0.717, 1.165) is 16.7 Å². The van der Waals surface area contributed by atoms with Crippen LogP contribution in [0.5, 0.6) is 0 Å². The highest BCUT2D eigenvalue weighted by Gasteiger charge is 2.13. The fourth-order valence-electron chi connectivity index (χ4n) is 1.78. The SMILES string of the molecule is CC(N[C@@H](C)CO)c1cc2ccccc2o1. The second-order valence-electron chi connectivity index (χ2n) is 4.16. The molecule has 1 unspecified atom stereocenters. The van der Waals surface area contributed by atoms with E-state index in [9.17, 15) is 0 Å². The van der Waals surface area contributed by atoms with E-state index < -0.39 is 0 Å². The van der Waals surface area contributed by atoms with Gasteiger partial charge < -0.3 is 14.8 Å². The number of furan rings is 1. The predicted molar refractivity (Wildman–Crippen MR) is 64.3 cm³/mol. The van der Waals surface area contributed by atoms with Crippen molar-refractivity contribution in [1.82, 2.24) is 5.32 Å². The van der Waals surface area contributed by atoms with E-state index in [2.05, 4.69) is 5.32 Å². The molecule has 2 N–H and O–H groups in total. The van der Waals surface area contributed by atoms with E-state index in [4.69, 9.17) is 9.52 Å². The predicted octanol–water partition coefficient (Wildman–Crippen LogP) is 2.46. The van der Waals surface area contributed by atoms with Gasteiger partial charge in [0.1, 0.15) is 11.3 Å². The standard InChI is InChI=1S/C13H17NO2/c1-9(8-15)14-10(2)13-7-11-5-3-4-6-12(11)16-13/h3-7,9-10,14-15H,8H2,1-2H3/t9-,10?/m0/s1. The van der Waals surface area contributed by atoms with Crippen LogP contribution in [0.2, 0.25) is 0 Å². The number of para-hydroxylation sites is 1. The van der Waals surface area contributed by atoms with Crippen LogP contribution in [0.25, 0.3) is 11.0 Å². The topological polar surface area (TPSA) is 45.4 Å². The number of rotatable bonds is 4. The first-order valence-electron chi connectivity index (χ1n) is 5.56. The number of hydrogen-bond acceptors (Lipinski definition) is 3. The van der Waals surface area contributed by atoms with Crippen LogP contribution in [0.4, 0.5) is 0 Å². The summed E-state index contributed by atoms with van der Waals surface area (Å²) in [4.78, 5) is 0. The van der Waals surface area contributed by atoms with Crippen LogP contribution in [0.3, 0.4) is 0 Å². The number of nitrogens with one attached hydrogen (secondary N) is 1. The average Bonchev–Trinajstić information content (AvgIpc) is 2.72. The Morgan fingerprint density at radius 1 is 1.31 bits per heavy atom. The van der Waals surface area contributed by atoms with Gasteiger partial charge in [-0.05, 0) is 26.0 Å². The Kier molecular flexibility index (Phi) is 3.27. The van der Waals surface area contributed by atoms with Crippen LogP contribution in [0.1, 0.15) is 25.6 Å². The first-order valence-corrected chi connectivity index (χ1v) is 5.56. The second kappa shape index (κ2) is 4.68. The van der Waals surface area contributed by atoms with Crippen molar-refractivity contribution < 1.29 is 9.52 Å². The molecular formula is C13H17NO2. The number of benzene rings is 1. The molecule has 0 amide bonds. The van der Waals surface area contributed by atoms with Gasteiger partial charge >= 0.3 is 0 Å². The Morgan fingerprint density at radius 3 is 2.75 bits per heavy atom. The van der Waals surface area contributed by atoms with Crippen molar-refractivity contribution in [3.63, 3.8) is 0 Å². The normalized spacial score (nSPS) is 15.2. The van der Waals surface area contributed by atoms with E-state index in [1.165, 1.54) is 0 Å². The van der Waals surface area contributed by atoms with Gasteiger partial charge in [-0.15, -0.1) is 0 Å². The molecule has 2 rings (SSSR count). The van der Waals surface area contributed by atoms with Gasteiger partial charge in [-0.25, -0.2) is 0 Å². The summed E-state index contributed by atoms with van der Waals surface area (Å²) >= 11 is 0. The molecule has 0 spiro atoms. The lowest BCUT2D eigenvalue weighted by atomic mass is 10.2. The lowest BCUT2D eigenvalue weighted by molar-refractivity contribution is 0.239. The first-order chi connectivity index (χ1) is 7.70. The minimum absolute atomic E-state index is 0.0724. The molecule has 0 saturated heterocycles. The number of aliphatic hydroxyl groups is 1. The molecule has 0 saturated carbocycles. The molecule has 3 heteroatoms. The summed E-state index contributed by atoms with van der Waals surface area (Å²) in [7, 11) is 0. The molecule has 0 fully saturated rings. The Balaban J connectivity index is 2.19. The molecule has 2 aromatic rings. The zero-order valence-electron chi connectivity index (χ0n) is 9.60. The number of aliphatic hydroxyl groups excluding tert-OH is 1. The molecule has 0 bridgehead atoms. The van der Waals surface area contributed by atoms with E-state index in [0.29, 0.717) is 0 Å². The monoisotopic (exact) mass is 219 g/mol. The van der Waals surface area contributed by atoms with Gasteiger partial charge in [0, 0.05) is 11.4 Å². The molecule has 0 aliphatic rings. The van der Waals surface area contributed by atoms with Gasteiger partial charge in [0.25, 0.3) is 0 Å². The van der Waals surface area contributed by atoms with Crippen molar-refractivity contribution in [2.24, 2.45) is 0 Å². The van der Waals surface area contributed by atoms with Crippen molar-refractivity contribution >= 4 is 11.0 Å². The van der Waals surface area contributed by atoms with Gasteiger partial charge in [0.15, 0.2) is 0 Å². The Labute approximate surface area is 95.1 Å². The van der Waals surface area contributed by atoms with Gasteiger partial charge in [-0.3, -0.25) is 0 Å². The molecule has 86 valence electrons. The molecule has 1 heterocycles. The van der Waals surface area contributed by atoms with Crippen LogP contribution >= 0.6 is 0 Å². The summed E-state index contributed by atoms with van der Waals surface area (Å²) in [5.41, 5.74) is 0.905. The minimum Gasteiger partial charge on any atom is -0.459 e. The highest BCUT2D eigenvalue weighted by Crippen LogP contribution is 2.23. The maximum atomic E-state index is 8.98. The largest absolute Gasteiger partial charge is 0.459 e. The van der Waals surface area contributed by atoms with Crippen molar-refractivity contribution in [2.45, 2.75) is 25.9 Å². The van der Waals surface area contributed by atoms with Crippen LogP contribution in [0.15, 0.2) is 34.7 Å². The molecule has 16 heavy (non-hydrogen) atoms. The van der Waals surface area contributed by atoms with Crippen LogP contribution in [-0.2, 0) is 0 Å². The first kappa shape index (κ1) is 11.2. The summed E-state index contributed by atoms with van der Waals surface area (Å²) in [6.07, 6.45) is 0. The maximum absolute atomic E-state index is 8.98. The molecule has 1 aromatic carbocycles. The van der Waals surface area contributed by atoms with Crippen LogP contribution < -0.4 is 5.32 Å². The second-order valence-corrected chi connectivity index (χ2v) is 4.16. The third-order valence-electron chi connectivity index (χ3n) is 2.68. The molecule has 2 atom stereocenters. The molecule has 3 nitrogen and oxygen atoms in total. The summed E-state index contributed by atoms with van der Waals surface area (Å²) in [6, 6.07) is 10.2. The minimum atomic E-state index is 0.0724. The summed E-state index contributed by atoms with van der Waals surface area (Å²) < 4.78 is 5.73. The zero-order valence-corrected chi connectivity index (χ0v) is 9.60. The smallest absolute Gasteiger partial charge is 0.134 e. The lowest BCUT2D eigenvalue weighted by Crippen LogP contribution is -2.31. The van der Waals surface area contributed by atoms with Gasteiger partial charge in [-0.1, -0.05) is 18.2 Å². The third-order valence-corrected chi connectivity index (χ3v) is 2.68. The van der Waals surface area contributed by atoms with E-state index in [1.54, 1.807) is 0 Å². The summed E-state index contributed by atoms with van der Waals surface area (Å²) in [6.45, 7) is 4.10. The molecule has 0 radical (unpaired) electrons. The van der Waals surface area contributed by atoms with E-state index in [1.807, 2.05) is 44.2 Å². The quantitative estimate of drug-likeness (QED) is 0.830. The fourth-order valence-corrected chi connectivity index (χ4v) is 1.78.